The maximum absolute atomic E-state index is 12.7. The first kappa shape index (κ1) is 20.8. The van der Waals surface area contributed by atoms with Gasteiger partial charge >= 0.3 is 0 Å². The molecule has 0 unspecified atom stereocenters. The van der Waals surface area contributed by atoms with Gasteiger partial charge in [-0.05, 0) is 23.8 Å². The lowest BCUT2D eigenvalue weighted by atomic mass is 10.1. The van der Waals surface area contributed by atoms with Crippen molar-refractivity contribution >= 4 is 33.8 Å². The highest BCUT2D eigenvalue weighted by molar-refractivity contribution is 7.19. The van der Waals surface area contributed by atoms with E-state index in [2.05, 4.69) is 10.3 Å². The van der Waals surface area contributed by atoms with Crippen molar-refractivity contribution < 1.29 is 14.6 Å². The fraction of sp³-hybridized carbons (Fsp3) is 0. The number of hydrogen-bond donors (Lipinski definition) is 1. The Hall–Kier alpha value is -4.44. The van der Waals surface area contributed by atoms with Gasteiger partial charge in [0, 0.05) is 23.8 Å². The SMILES string of the molecule is O=C(Nc1nc(-c2ccc([N+](=O)[O-])cc2)c(-c2ccccc2)s1)c1ccccc1[N+](=O)[O-]. The molecule has 1 heterocycles. The molecule has 0 aliphatic rings. The summed E-state index contributed by atoms with van der Waals surface area (Å²) in [6.45, 7) is 0. The number of benzene rings is 3. The molecule has 0 saturated heterocycles. The monoisotopic (exact) mass is 446 g/mol. The van der Waals surface area contributed by atoms with Gasteiger partial charge in [-0.2, -0.15) is 0 Å². The van der Waals surface area contributed by atoms with Crippen LogP contribution in [0.3, 0.4) is 0 Å². The van der Waals surface area contributed by atoms with Crippen molar-refractivity contribution in [1.82, 2.24) is 4.98 Å². The fourth-order valence-corrected chi connectivity index (χ4v) is 4.07. The fourth-order valence-electron chi connectivity index (χ4n) is 3.08. The summed E-state index contributed by atoms with van der Waals surface area (Å²) in [5.41, 5.74) is 1.59. The summed E-state index contributed by atoms with van der Waals surface area (Å²) in [5, 5.41) is 25.1. The molecule has 10 heteroatoms. The average molecular weight is 446 g/mol. The van der Waals surface area contributed by atoms with Crippen LogP contribution in [0.5, 0.6) is 0 Å². The Bertz CT molecular complexity index is 1320. The van der Waals surface area contributed by atoms with Crippen LogP contribution in [0.1, 0.15) is 10.4 Å². The molecular formula is C22H14N4O5S. The molecule has 9 nitrogen and oxygen atoms in total. The molecule has 1 N–H and O–H groups in total. The summed E-state index contributed by atoms with van der Waals surface area (Å²) in [7, 11) is 0. The minimum atomic E-state index is -0.652. The van der Waals surface area contributed by atoms with Gasteiger partial charge in [0.15, 0.2) is 5.13 Å². The molecule has 0 aliphatic heterocycles. The Morgan fingerprint density at radius 2 is 1.47 bits per heavy atom. The molecule has 4 rings (SSSR count). The summed E-state index contributed by atoms with van der Waals surface area (Å²) in [5.74, 6) is -0.652. The normalized spacial score (nSPS) is 10.5. The highest BCUT2D eigenvalue weighted by Crippen LogP contribution is 2.39. The number of carbonyl (C=O) groups excluding carboxylic acids is 1. The maximum Gasteiger partial charge on any atom is 0.282 e. The molecule has 0 saturated carbocycles. The molecule has 1 aromatic heterocycles. The van der Waals surface area contributed by atoms with Crippen molar-refractivity contribution in [2.45, 2.75) is 0 Å². The predicted octanol–water partition coefficient (Wildman–Crippen LogP) is 5.55. The quantitative estimate of drug-likeness (QED) is 0.306. The summed E-state index contributed by atoms with van der Waals surface area (Å²) in [6, 6.07) is 21.0. The number of carbonyl (C=O) groups is 1. The first-order chi connectivity index (χ1) is 15.4. The van der Waals surface area contributed by atoms with Gasteiger partial charge in [-0.15, -0.1) is 0 Å². The minimum absolute atomic E-state index is 0.0462. The van der Waals surface area contributed by atoms with Crippen molar-refractivity contribution in [3.63, 3.8) is 0 Å². The van der Waals surface area contributed by atoms with Crippen molar-refractivity contribution in [2.75, 3.05) is 5.32 Å². The van der Waals surface area contributed by atoms with Crippen molar-refractivity contribution in [1.29, 1.82) is 0 Å². The Morgan fingerprint density at radius 1 is 0.812 bits per heavy atom. The van der Waals surface area contributed by atoms with Crippen LogP contribution in [0.25, 0.3) is 21.7 Å². The van der Waals surface area contributed by atoms with Gasteiger partial charge in [-0.3, -0.25) is 30.3 Å². The van der Waals surface area contributed by atoms with Gasteiger partial charge < -0.3 is 0 Å². The maximum atomic E-state index is 12.7. The van der Waals surface area contributed by atoms with E-state index in [0.29, 0.717) is 11.3 Å². The van der Waals surface area contributed by atoms with E-state index in [1.54, 1.807) is 18.2 Å². The van der Waals surface area contributed by atoms with Crippen LogP contribution in [0, 0.1) is 20.2 Å². The molecule has 0 fully saturated rings. The largest absolute Gasteiger partial charge is 0.298 e. The van der Waals surface area contributed by atoms with Gasteiger partial charge in [-0.1, -0.05) is 53.8 Å². The number of amides is 1. The molecule has 158 valence electrons. The van der Waals surface area contributed by atoms with Gasteiger partial charge in [0.05, 0.1) is 20.4 Å². The number of nitrogens with zero attached hydrogens (tertiary/aromatic N) is 3. The number of para-hydroxylation sites is 1. The lowest BCUT2D eigenvalue weighted by Gasteiger charge is -2.02. The van der Waals surface area contributed by atoms with Gasteiger partial charge in [0.2, 0.25) is 0 Å². The minimum Gasteiger partial charge on any atom is -0.298 e. The molecule has 0 radical (unpaired) electrons. The van der Waals surface area contributed by atoms with E-state index in [1.165, 1.54) is 41.7 Å². The third-order valence-corrected chi connectivity index (χ3v) is 5.60. The number of hydrogen-bond acceptors (Lipinski definition) is 7. The number of anilines is 1. The molecule has 0 bridgehead atoms. The second-order valence-electron chi connectivity index (χ2n) is 6.60. The van der Waals surface area contributed by atoms with E-state index < -0.39 is 15.8 Å². The van der Waals surface area contributed by atoms with E-state index in [4.69, 9.17) is 0 Å². The molecule has 0 aliphatic carbocycles. The number of nitro benzene ring substituents is 2. The molecular weight excluding hydrogens is 432 g/mol. The summed E-state index contributed by atoms with van der Waals surface area (Å²) in [4.78, 5) is 39.1. The van der Waals surface area contributed by atoms with Crippen LogP contribution in [0.2, 0.25) is 0 Å². The third-order valence-electron chi connectivity index (χ3n) is 4.58. The zero-order chi connectivity index (χ0) is 22.7. The Morgan fingerprint density at radius 3 is 2.12 bits per heavy atom. The van der Waals surface area contributed by atoms with Crippen molar-refractivity contribution in [3.05, 3.63) is 105 Å². The summed E-state index contributed by atoms with van der Waals surface area (Å²) < 4.78 is 0. The van der Waals surface area contributed by atoms with E-state index in [-0.39, 0.29) is 22.1 Å². The van der Waals surface area contributed by atoms with Crippen LogP contribution >= 0.6 is 11.3 Å². The Balaban J connectivity index is 1.74. The second-order valence-corrected chi connectivity index (χ2v) is 7.59. The van der Waals surface area contributed by atoms with Gasteiger partial charge in [0.1, 0.15) is 5.56 Å². The summed E-state index contributed by atoms with van der Waals surface area (Å²) >= 11 is 1.21. The molecule has 4 aromatic rings. The first-order valence-corrected chi connectivity index (χ1v) is 10.1. The van der Waals surface area contributed by atoms with Crippen LogP contribution in [-0.2, 0) is 0 Å². The van der Waals surface area contributed by atoms with Crippen molar-refractivity contribution in [2.24, 2.45) is 0 Å². The smallest absolute Gasteiger partial charge is 0.282 e. The molecule has 3 aromatic carbocycles. The van der Waals surface area contributed by atoms with Gasteiger partial charge in [-0.25, -0.2) is 4.98 Å². The molecule has 0 atom stereocenters. The standard InChI is InChI=1S/C22H14N4O5S/c27-21(17-8-4-5-9-18(17)26(30)31)24-22-23-19(14-10-12-16(13-11-14)25(28)29)20(32-22)15-6-2-1-3-7-15/h1-13H,(H,23,24,27). The zero-order valence-electron chi connectivity index (χ0n) is 16.3. The van der Waals surface area contributed by atoms with Crippen LogP contribution < -0.4 is 5.32 Å². The predicted molar refractivity (Wildman–Crippen MR) is 121 cm³/mol. The first-order valence-electron chi connectivity index (χ1n) is 9.30. The second kappa shape index (κ2) is 8.74. The molecule has 0 spiro atoms. The topological polar surface area (TPSA) is 128 Å². The molecule has 1 amide bonds. The van der Waals surface area contributed by atoms with E-state index in [9.17, 15) is 25.0 Å². The number of thiazole rings is 1. The molecule has 32 heavy (non-hydrogen) atoms. The Kier molecular flexibility index (Phi) is 5.69. The van der Waals surface area contributed by atoms with E-state index >= 15 is 0 Å². The lowest BCUT2D eigenvalue weighted by molar-refractivity contribution is -0.385. The van der Waals surface area contributed by atoms with Gasteiger partial charge in [0.25, 0.3) is 17.3 Å². The highest BCUT2D eigenvalue weighted by atomic mass is 32.1. The lowest BCUT2D eigenvalue weighted by Crippen LogP contribution is -2.13. The van der Waals surface area contributed by atoms with Crippen LogP contribution in [-0.4, -0.2) is 20.7 Å². The number of nitrogens with one attached hydrogen (secondary N) is 1. The average Bonchev–Trinajstić information content (AvgIpc) is 3.23. The third kappa shape index (κ3) is 4.20. The Labute approximate surface area is 185 Å². The number of aromatic nitrogens is 1. The van der Waals surface area contributed by atoms with E-state index in [1.807, 2.05) is 30.3 Å². The number of non-ortho nitro benzene ring substituents is 1. The highest BCUT2D eigenvalue weighted by Gasteiger charge is 2.22. The number of nitro groups is 2. The summed E-state index contributed by atoms with van der Waals surface area (Å²) in [6.07, 6.45) is 0. The van der Waals surface area contributed by atoms with Crippen LogP contribution in [0.15, 0.2) is 78.9 Å². The zero-order valence-corrected chi connectivity index (χ0v) is 17.1. The number of rotatable bonds is 6. The van der Waals surface area contributed by atoms with Crippen LogP contribution in [0.4, 0.5) is 16.5 Å². The van der Waals surface area contributed by atoms with Crippen molar-refractivity contribution in [3.8, 4) is 21.7 Å². The van der Waals surface area contributed by atoms with E-state index in [0.717, 1.165) is 10.4 Å².